The molecule has 1 aliphatic heterocycles. The quantitative estimate of drug-likeness (QED) is 0.764. The van der Waals surface area contributed by atoms with E-state index in [1.54, 1.807) is 18.5 Å². The van der Waals surface area contributed by atoms with Gasteiger partial charge in [-0.15, -0.1) is 0 Å². The first-order valence-corrected chi connectivity index (χ1v) is 4.80. The molecule has 0 aromatic carbocycles. The highest BCUT2D eigenvalue weighted by atomic mass is 15.3. The zero-order chi connectivity index (χ0) is 10.7. The van der Waals surface area contributed by atoms with Gasteiger partial charge in [-0.1, -0.05) is 6.92 Å². The Bertz CT molecular complexity index is 406. The van der Waals surface area contributed by atoms with E-state index in [1.807, 2.05) is 6.92 Å². The summed E-state index contributed by atoms with van der Waals surface area (Å²) in [5, 5.41) is 12.8. The van der Waals surface area contributed by atoms with Crippen LogP contribution in [0, 0.1) is 17.2 Å². The van der Waals surface area contributed by atoms with Crippen LogP contribution in [0.5, 0.6) is 0 Å². The molecule has 0 radical (unpaired) electrons. The van der Waals surface area contributed by atoms with E-state index in [0.717, 1.165) is 5.71 Å². The molecule has 0 fully saturated rings. The summed E-state index contributed by atoms with van der Waals surface area (Å²) in [5.74, 6) is 0.810. The van der Waals surface area contributed by atoms with Gasteiger partial charge in [0.2, 0.25) is 0 Å². The molecule has 2 unspecified atom stereocenters. The molecule has 0 spiro atoms. The van der Waals surface area contributed by atoms with Crippen molar-refractivity contribution in [3.63, 3.8) is 0 Å². The Labute approximate surface area is 87.9 Å². The third kappa shape index (κ3) is 1.79. The second-order valence-electron chi connectivity index (χ2n) is 3.46. The van der Waals surface area contributed by atoms with Crippen molar-refractivity contribution in [3.8, 4) is 6.07 Å². The van der Waals surface area contributed by atoms with Gasteiger partial charge in [-0.2, -0.15) is 10.4 Å². The van der Waals surface area contributed by atoms with E-state index in [0.29, 0.717) is 12.2 Å². The van der Waals surface area contributed by atoms with Crippen molar-refractivity contribution >= 4 is 5.71 Å². The van der Waals surface area contributed by atoms with Crippen LogP contribution in [0.3, 0.4) is 0 Å². The molecular formula is C10H11N5. The molecule has 2 rings (SSSR count). The van der Waals surface area contributed by atoms with E-state index in [-0.39, 0.29) is 12.0 Å². The summed E-state index contributed by atoms with van der Waals surface area (Å²) in [5.41, 5.74) is 3.77. The predicted molar refractivity (Wildman–Crippen MR) is 54.9 cm³/mol. The molecule has 15 heavy (non-hydrogen) atoms. The lowest BCUT2D eigenvalue weighted by Crippen LogP contribution is -2.27. The SMILES string of the molecule is CC1C(c2ncccn2)=NNC1CC#N. The third-order valence-electron chi connectivity index (χ3n) is 2.49. The van der Waals surface area contributed by atoms with Crippen molar-refractivity contribution in [1.82, 2.24) is 15.4 Å². The van der Waals surface area contributed by atoms with Gasteiger partial charge in [0, 0.05) is 18.3 Å². The Morgan fingerprint density at radius 2 is 2.20 bits per heavy atom. The van der Waals surface area contributed by atoms with E-state index in [2.05, 4.69) is 26.6 Å². The minimum Gasteiger partial charge on any atom is -0.305 e. The van der Waals surface area contributed by atoms with Gasteiger partial charge < -0.3 is 5.43 Å². The summed E-state index contributed by atoms with van der Waals surface area (Å²) in [7, 11) is 0. The second-order valence-corrected chi connectivity index (χ2v) is 3.46. The predicted octanol–water partition coefficient (Wildman–Crippen LogP) is 0.702. The van der Waals surface area contributed by atoms with Crippen molar-refractivity contribution in [3.05, 3.63) is 24.3 Å². The summed E-state index contributed by atoms with van der Waals surface area (Å²) < 4.78 is 0. The normalized spacial score (nSPS) is 24.1. The molecule has 2 heterocycles. The molecule has 5 nitrogen and oxygen atoms in total. The van der Waals surface area contributed by atoms with Gasteiger partial charge in [0.25, 0.3) is 0 Å². The molecule has 2 atom stereocenters. The van der Waals surface area contributed by atoms with Crippen molar-refractivity contribution in [2.45, 2.75) is 19.4 Å². The number of hydrogen-bond acceptors (Lipinski definition) is 5. The van der Waals surface area contributed by atoms with Crippen LogP contribution in [-0.4, -0.2) is 21.7 Å². The van der Waals surface area contributed by atoms with Crippen LogP contribution >= 0.6 is 0 Å². The van der Waals surface area contributed by atoms with Crippen molar-refractivity contribution in [1.29, 1.82) is 5.26 Å². The smallest absolute Gasteiger partial charge is 0.175 e. The zero-order valence-corrected chi connectivity index (χ0v) is 8.38. The first-order valence-electron chi connectivity index (χ1n) is 4.80. The van der Waals surface area contributed by atoms with Crippen molar-refractivity contribution in [2.75, 3.05) is 0 Å². The lowest BCUT2D eigenvalue weighted by Gasteiger charge is -2.11. The molecule has 1 aliphatic rings. The standard InChI is InChI=1S/C10H11N5/c1-7-8(3-4-11)14-15-9(7)10-12-5-2-6-13-10/h2,5-8,14H,3H2,1H3. The second kappa shape index (κ2) is 4.05. The van der Waals surface area contributed by atoms with Crippen LogP contribution in [0.1, 0.15) is 19.2 Å². The summed E-state index contributed by atoms with van der Waals surface area (Å²) in [6.07, 6.45) is 3.82. The number of hydrogen-bond donors (Lipinski definition) is 1. The topological polar surface area (TPSA) is 74.0 Å². The van der Waals surface area contributed by atoms with Crippen LogP contribution in [0.2, 0.25) is 0 Å². The fourth-order valence-electron chi connectivity index (χ4n) is 1.56. The Morgan fingerprint density at radius 1 is 1.47 bits per heavy atom. The van der Waals surface area contributed by atoms with Crippen molar-refractivity contribution in [2.24, 2.45) is 11.0 Å². The fourth-order valence-corrected chi connectivity index (χ4v) is 1.56. The molecule has 1 aromatic rings. The molecule has 0 saturated carbocycles. The Kier molecular flexibility index (Phi) is 2.59. The fraction of sp³-hybridized carbons (Fsp3) is 0.400. The summed E-state index contributed by atoms with van der Waals surface area (Å²) in [6, 6.07) is 3.98. The van der Waals surface area contributed by atoms with E-state index in [4.69, 9.17) is 5.26 Å². The molecule has 1 N–H and O–H groups in total. The number of hydrazone groups is 1. The molecule has 1 aromatic heterocycles. The van der Waals surface area contributed by atoms with Gasteiger partial charge in [-0.05, 0) is 6.07 Å². The summed E-state index contributed by atoms with van der Waals surface area (Å²) in [6.45, 7) is 2.02. The Morgan fingerprint density at radius 3 is 2.87 bits per heavy atom. The highest BCUT2D eigenvalue weighted by Crippen LogP contribution is 2.17. The first kappa shape index (κ1) is 9.59. The highest BCUT2D eigenvalue weighted by Gasteiger charge is 2.29. The van der Waals surface area contributed by atoms with Crippen LogP contribution in [-0.2, 0) is 0 Å². The van der Waals surface area contributed by atoms with Crippen LogP contribution in [0.15, 0.2) is 23.6 Å². The summed E-state index contributed by atoms with van der Waals surface area (Å²) in [4.78, 5) is 8.28. The van der Waals surface area contributed by atoms with E-state index in [1.165, 1.54) is 0 Å². The molecule has 0 saturated heterocycles. The molecule has 0 aliphatic carbocycles. The van der Waals surface area contributed by atoms with E-state index >= 15 is 0 Å². The Hall–Kier alpha value is -1.96. The maximum absolute atomic E-state index is 8.63. The lowest BCUT2D eigenvalue weighted by molar-refractivity contribution is 0.509. The van der Waals surface area contributed by atoms with Crippen LogP contribution in [0.25, 0.3) is 0 Å². The van der Waals surface area contributed by atoms with Gasteiger partial charge in [0.15, 0.2) is 5.82 Å². The van der Waals surface area contributed by atoms with Crippen LogP contribution in [0.4, 0.5) is 0 Å². The number of rotatable bonds is 2. The monoisotopic (exact) mass is 201 g/mol. The average molecular weight is 201 g/mol. The Balaban J connectivity index is 2.17. The van der Waals surface area contributed by atoms with Gasteiger partial charge in [-0.3, -0.25) is 0 Å². The van der Waals surface area contributed by atoms with E-state index < -0.39 is 0 Å². The number of nitrogens with zero attached hydrogens (tertiary/aromatic N) is 4. The number of nitriles is 1. The summed E-state index contributed by atoms with van der Waals surface area (Å²) >= 11 is 0. The highest BCUT2D eigenvalue weighted by molar-refractivity contribution is 6.00. The molecule has 5 heteroatoms. The first-order chi connectivity index (χ1) is 7.33. The van der Waals surface area contributed by atoms with Crippen molar-refractivity contribution < 1.29 is 0 Å². The molecule has 0 bridgehead atoms. The number of aromatic nitrogens is 2. The maximum Gasteiger partial charge on any atom is 0.175 e. The molecule has 0 amide bonds. The number of nitrogens with one attached hydrogen (secondary N) is 1. The van der Waals surface area contributed by atoms with Crippen LogP contribution < -0.4 is 5.43 Å². The zero-order valence-electron chi connectivity index (χ0n) is 8.38. The molecular weight excluding hydrogens is 190 g/mol. The average Bonchev–Trinajstić information content (AvgIpc) is 2.63. The third-order valence-corrected chi connectivity index (χ3v) is 2.49. The van der Waals surface area contributed by atoms with Gasteiger partial charge in [0.05, 0.1) is 18.5 Å². The van der Waals surface area contributed by atoms with Gasteiger partial charge >= 0.3 is 0 Å². The maximum atomic E-state index is 8.63. The van der Waals surface area contributed by atoms with Gasteiger partial charge in [-0.25, -0.2) is 9.97 Å². The largest absolute Gasteiger partial charge is 0.305 e. The lowest BCUT2D eigenvalue weighted by atomic mass is 9.96. The minimum absolute atomic E-state index is 0.0776. The molecule has 76 valence electrons. The minimum atomic E-state index is 0.0776. The van der Waals surface area contributed by atoms with E-state index in [9.17, 15) is 0 Å². The van der Waals surface area contributed by atoms with Gasteiger partial charge in [0.1, 0.15) is 5.71 Å².